The Morgan fingerprint density at radius 3 is 2.72 bits per heavy atom. The first kappa shape index (κ1) is 23.0. The Labute approximate surface area is 190 Å². The fraction of sp³-hybridized carbons (Fsp3) is 0.217. The third-order valence-electron chi connectivity index (χ3n) is 4.16. The second kappa shape index (κ2) is 12.2. The maximum Gasteiger partial charge on any atom is 0.311 e. The third-order valence-corrected chi connectivity index (χ3v) is 4.95. The fourth-order valence-corrected chi connectivity index (χ4v) is 3.33. The zero-order chi connectivity index (χ0) is 22.6. The SMILES string of the molecule is CCOC(=O)Cc1csc(NN=Cc2ccccc2OCC(=O)NCc2ccccc2)n1. The number of nitrogens with one attached hydrogen (secondary N) is 2. The number of carbonyl (C=O) groups is 2. The Balaban J connectivity index is 1.49. The molecular weight excluding hydrogens is 428 g/mol. The van der Waals surface area contributed by atoms with E-state index >= 15 is 0 Å². The molecule has 0 spiro atoms. The lowest BCUT2D eigenvalue weighted by atomic mass is 10.2. The van der Waals surface area contributed by atoms with Crippen molar-refractivity contribution in [3.8, 4) is 5.75 Å². The molecule has 0 saturated heterocycles. The van der Waals surface area contributed by atoms with Gasteiger partial charge in [-0.3, -0.25) is 15.0 Å². The van der Waals surface area contributed by atoms with Gasteiger partial charge in [0.25, 0.3) is 5.91 Å². The average molecular weight is 453 g/mol. The lowest BCUT2D eigenvalue weighted by Crippen LogP contribution is -2.28. The van der Waals surface area contributed by atoms with Crippen molar-refractivity contribution in [2.24, 2.45) is 5.10 Å². The Hall–Kier alpha value is -3.72. The van der Waals surface area contributed by atoms with Crippen LogP contribution in [0.1, 0.15) is 23.7 Å². The third kappa shape index (κ3) is 7.51. The summed E-state index contributed by atoms with van der Waals surface area (Å²) in [6.07, 6.45) is 1.71. The van der Waals surface area contributed by atoms with Gasteiger partial charge in [0.15, 0.2) is 6.61 Å². The van der Waals surface area contributed by atoms with E-state index in [0.29, 0.717) is 35.3 Å². The molecule has 0 aliphatic rings. The summed E-state index contributed by atoms with van der Waals surface area (Å²) < 4.78 is 10.6. The first-order valence-corrected chi connectivity index (χ1v) is 10.9. The average Bonchev–Trinajstić information content (AvgIpc) is 3.24. The van der Waals surface area contributed by atoms with Gasteiger partial charge in [0.2, 0.25) is 5.13 Å². The molecule has 0 radical (unpaired) electrons. The molecule has 3 aromatic rings. The maximum atomic E-state index is 12.1. The maximum absolute atomic E-state index is 12.1. The predicted molar refractivity (Wildman–Crippen MR) is 124 cm³/mol. The Kier molecular flexibility index (Phi) is 8.76. The molecule has 32 heavy (non-hydrogen) atoms. The molecule has 2 N–H and O–H groups in total. The Bertz CT molecular complexity index is 1050. The lowest BCUT2D eigenvalue weighted by Gasteiger charge is -2.09. The standard InChI is InChI=1S/C23H24N4O4S/c1-2-30-22(29)12-19-16-32-23(26-19)27-25-14-18-10-6-7-11-20(18)31-15-21(28)24-13-17-8-4-3-5-9-17/h3-11,14,16H,2,12-13,15H2,1H3,(H,24,28)(H,26,27). The van der Waals surface area contributed by atoms with E-state index in [9.17, 15) is 9.59 Å². The molecule has 8 nitrogen and oxygen atoms in total. The number of hydrogen-bond acceptors (Lipinski definition) is 8. The number of benzene rings is 2. The van der Waals surface area contributed by atoms with Gasteiger partial charge >= 0.3 is 5.97 Å². The van der Waals surface area contributed by atoms with Crippen LogP contribution in [0.2, 0.25) is 0 Å². The summed E-state index contributed by atoms with van der Waals surface area (Å²) in [6.45, 7) is 2.45. The van der Waals surface area contributed by atoms with Crippen LogP contribution in [-0.4, -0.2) is 36.3 Å². The highest BCUT2D eigenvalue weighted by Crippen LogP contribution is 2.18. The highest BCUT2D eigenvalue weighted by atomic mass is 32.1. The van der Waals surface area contributed by atoms with Gasteiger partial charge in [-0.05, 0) is 24.6 Å². The Morgan fingerprint density at radius 2 is 1.91 bits per heavy atom. The van der Waals surface area contributed by atoms with Crippen molar-refractivity contribution < 1.29 is 19.1 Å². The number of carbonyl (C=O) groups excluding carboxylic acids is 2. The van der Waals surface area contributed by atoms with Gasteiger partial charge in [-0.2, -0.15) is 5.10 Å². The van der Waals surface area contributed by atoms with Gasteiger partial charge in [-0.1, -0.05) is 42.5 Å². The minimum absolute atomic E-state index is 0.102. The number of amides is 1. The van der Waals surface area contributed by atoms with E-state index in [1.54, 1.807) is 24.6 Å². The van der Waals surface area contributed by atoms with Crippen molar-refractivity contribution in [1.82, 2.24) is 10.3 Å². The largest absolute Gasteiger partial charge is 0.483 e. The Morgan fingerprint density at radius 1 is 1.12 bits per heavy atom. The molecule has 0 fully saturated rings. The van der Waals surface area contributed by atoms with Crippen LogP contribution in [0.5, 0.6) is 5.75 Å². The summed E-state index contributed by atoms with van der Waals surface area (Å²) in [4.78, 5) is 27.9. The van der Waals surface area contributed by atoms with E-state index in [1.807, 2.05) is 48.5 Å². The predicted octanol–water partition coefficient (Wildman–Crippen LogP) is 3.39. The smallest absolute Gasteiger partial charge is 0.311 e. The first-order chi connectivity index (χ1) is 15.6. The van der Waals surface area contributed by atoms with Gasteiger partial charge in [-0.15, -0.1) is 11.3 Å². The minimum Gasteiger partial charge on any atom is -0.483 e. The van der Waals surface area contributed by atoms with Gasteiger partial charge in [0.05, 0.1) is 24.9 Å². The van der Waals surface area contributed by atoms with Crippen molar-refractivity contribution in [2.75, 3.05) is 18.6 Å². The van der Waals surface area contributed by atoms with Crippen LogP contribution in [0.4, 0.5) is 5.13 Å². The number of nitrogens with zero attached hydrogens (tertiary/aromatic N) is 2. The molecule has 0 unspecified atom stereocenters. The fourth-order valence-electron chi connectivity index (χ4n) is 2.67. The monoisotopic (exact) mass is 452 g/mol. The normalized spacial score (nSPS) is 10.7. The van der Waals surface area contributed by atoms with Crippen molar-refractivity contribution in [2.45, 2.75) is 19.9 Å². The number of thiazole rings is 1. The van der Waals surface area contributed by atoms with Crippen LogP contribution in [-0.2, 0) is 27.3 Å². The summed E-state index contributed by atoms with van der Waals surface area (Å²) in [5.41, 5.74) is 5.19. The van der Waals surface area contributed by atoms with Crippen LogP contribution < -0.4 is 15.5 Å². The van der Waals surface area contributed by atoms with Gasteiger partial charge in [0, 0.05) is 17.5 Å². The summed E-state index contributed by atoms with van der Waals surface area (Å²) in [7, 11) is 0. The zero-order valence-electron chi connectivity index (χ0n) is 17.6. The molecule has 0 atom stereocenters. The molecular formula is C23H24N4O4S. The first-order valence-electron chi connectivity index (χ1n) is 10.1. The molecule has 2 aromatic carbocycles. The van der Waals surface area contributed by atoms with Gasteiger partial charge in [0.1, 0.15) is 5.75 Å². The van der Waals surface area contributed by atoms with Crippen molar-refractivity contribution in [1.29, 1.82) is 0 Å². The number of hydrogen-bond donors (Lipinski definition) is 2. The van der Waals surface area contributed by atoms with E-state index in [-0.39, 0.29) is 24.9 Å². The van der Waals surface area contributed by atoms with E-state index in [2.05, 4.69) is 20.8 Å². The number of aromatic nitrogens is 1. The zero-order valence-corrected chi connectivity index (χ0v) is 18.4. The van der Waals surface area contributed by atoms with Crippen molar-refractivity contribution in [3.63, 3.8) is 0 Å². The van der Waals surface area contributed by atoms with Crippen LogP contribution in [0.3, 0.4) is 0 Å². The summed E-state index contributed by atoms with van der Waals surface area (Å²) >= 11 is 1.34. The van der Waals surface area contributed by atoms with Crippen molar-refractivity contribution >= 4 is 34.6 Å². The highest BCUT2D eigenvalue weighted by molar-refractivity contribution is 7.13. The number of para-hydroxylation sites is 1. The number of rotatable bonds is 11. The molecule has 0 bridgehead atoms. The summed E-state index contributed by atoms with van der Waals surface area (Å²) in [5.74, 6) is 0.0115. The summed E-state index contributed by atoms with van der Waals surface area (Å²) in [5, 5.41) is 9.34. The van der Waals surface area contributed by atoms with E-state index in [4.69, 9.17) is 9.47 Å². The molecule has 0 aliphatic heterocycles. The number of hydrazone groups is 1. The molecule has 1 aromatic heterocycles. The van der Waals surface area contributed by atoms with Crippen LogP contribution in [0.15, 0.2) is 65.1 Å². The van der Waals surface area contributed by atoms with Crippen LogP contribution in [0.25, 0.3) is 0 Å². The second-order valence-electron chi connectivity index (χ2n) is 6.58. The molecule has 3 rings (SSSR count). The van der Waals surface area contributed by atoms with Gasteiger partial charge < -0.3 is 14.8 Å². The minimum atomic E-state index is -0.313. The van der Waals surface area contributed by atoms with E-state index in [0.717, 1.165) is 5.56 Å². The molecule has 166 valence electrons. The molecule has 9 heteroatoms. The van der Waals surface area contributed by atoms with Gasteiger partial charge in [-0.25, -0.2) is 4.98 Å². The van der Waals surface area contributed by atoms with E-state index in [1.165, 1.54) is 11.3 Å². The topological polar surface area (TPSA) is 102 Å². The number of ether oxygens (including phenoxy) is 2. The van der Waals surface area contributed by atoms with Crippen LogP contribution >= 0.6 is 11.3 Å². The highest BCUT2D eigenvalue weighted by Gasteiger charge is 2.08. The molecule has 1 amide bonds. The summed E-state index contributed by atoms with van der Waals surface area (Å²) in [6, 6.07) is 16.9. The second-order valence-corrected chi connectivity index (χ2v) is 7.44. The quantitative estimate of drug-likeness (QED) is 0.263. The number of esters is 1. The van der Waals surface area contributed by atoms with Crippen LogP contribution in [0, 0.1) is 0 Å². The van der Waals surface area contributed by atoms with Crippen molar-refractivity contribution in [3.05, 3.63) is 76.8 Å². The number of anilines is 1. The molecule has 0 saturated carbocycles. The molecule has 1 heterocycles. The lowest BCUT2D eigenvalue weighted by molar-refractivity contribution is -0.142. The molecule has 0 aliphatic carbocycles. The van der Waals surface area contributed by atoms with E-state index < -0.39 is 0 Å².